The van der Waals surface area contributed by atoms with Crippen LogP contribution in [-0.4, -0.2) is 70.0 Å². The summed E-state index contributed by atoms with van der Waals surface area (Å²) >= 11 is 0. The molecule has 4 rings (SSSR count). The van der Waals surface area contributed by atoms with Gasteiger partial charge in [0, 0.05) is 68.1 Å². The fourth-order valence-corrected chi connectivity index (χ4v) is 5.10. The van der Waals surface area contributed by atoms with E-state index in [9.17, 15) is 13.6 Å². The topological polar surface area (TPSA) is 82.6 Å². The third-order valence-corrected chi connectivity index (χ3v) is 8.58. The van der Waals surface area contributed by atoms with Gasteiger partial charge in [-0.15, -0.1) is 0 Å². The van der Waals surface area contributed by atoms with E-state index in [4.69, 9.17) is 4.74 Å². The number of nitrogens with one attached hydrogen (secondary N) is 2. The molecule has 10 heteroatoms. The molecule has 1 aromatic heterocycles. The van der Waals surface area contributed by atoms with Gasteiger partial charge in [0.2, 0.25) is 11.9 Å². The van der Waals surface area contributed by atoms with Crippen LogP contribution in [0, 0.1) is 17.0 Å². The lowest BCUT2D eigenvalue weighted by Crippen LogP contribution is -2.63. The van der Waals surface area contributed by atoms with E-state index < -0.39 is 11.6 Å². The molecule has 1 aromatic carbocycles. The monoisotopic (exact) mass is 516 g/mol. The molecule has 0 radical (unpaired) electrons. The molecule has 0 aliphatic carbocycles. The molecular weight excluding hydrogens is 478 g/mol. The minimum Gasteiger partial charge on any atom is -0.487 e. The molecule has 1 unspecified atom stereocenters. The molecule has 2 N–H and O–H groups in total. The molecule has 8 nitrogen and oxygen atoms in total. The first-order valence-corrected chi connectivity index (χ1v) is 12.9. The second-order valence-corrected chi connectivity index (χ2v) is 11.2. The molecular formula is C27H38F2N6O2. The maximum absolute atomic E-state index is 14.8. The Kier molecular flexibility index (Phi) is 7.60. The van der Waals surface area contributed by atoms with Crippen molar-refractivity contribution >= 4 is 23.4 Å². The number of nitrogens with zero attached hydrogens (tertiary/aromatic N) is 4. The first kappa shape index (κ1) is 27.0. The van der Waals surface area contributed by atoms with Crippen molar-refractivity contribution < 1.29 is 18.3 Å². The molecule has 3 heterocycles. The summed E-state index contributed by atoms with van der Waals surface area (Å²) in [7, 11) is 2.11. The Balaban J connectivity index is 1.42. The van der Waals surface area contributed by atoms with Crippen LogP contribution in [-0.2, 0) is 4.79 Å². The minimum absolute atomic E-state index is 0.00661. The lowest BCUT2D eigenvalue weighted by molar-refractivity contribution is -0.130. The number of benzene rings is 1. The van der Waals surface area contributed by atoms with E-state index in [0.717, 1.165) is 19.2 Å². The number of hydrogen-bond donors (Lipinski definition) is 2. The molecule has 202 valence electrons. The van der Waals surface area contributed by atoms with Crippen LogP contribution in [0.15, 0.2) is 24.4 Å². The first-order chi connectivity index (χ1) is 17.4. The molecule has 2 aromatic rings. The number of amides is 1. The Bertz CT molecular complexity index is 1130. The molecule has 2 fully saturated rings. The summed E-state index contributed by atoms with van der Waals surface area (Å²) in [6.07, 6.45) is 3.13. The van der Waals surface area contributed by atoms with Gasteiger partial charge in [-0.25, -0.2) is 13.8 Å². The van der Waals surface area contributed by atoms with E-state index in [2.05, 4.69) is 60.2 Å². The lowest BCUT2D eigenvalue weighted by atomic mass is 9.65. The molecule has 2 saturated heterocycles. The normalized spacial score (nSPS) is 21.9. The Morgan fingerprint density at radius 3 is 2.43 bits per heavy atom. The number of aromatic nitrogens is 2. The predicted molar refractivity (Wildman–Crippen MR) is 140 cm³/mol. The van der Waals surface area contributed by atoms with Gasteiger partial charge in [-0.3, -0.25) is 4.79 Å². The van der Waals surface area contributed by atoms with Gasteiger partial charge >= 0.3 is 0 Å². The van der Waals surface area contributed by atoms with Crippen LogP contribution in [0.4, 0.5) is 26.2 Å². The van der Waals surface area contributed by atoms with Gasteiger partial charge in [0.1, 0.15) is 6.10 Å². The van der Waals surface area contributed by atoms with Crippen molar-refractivity contribution in [1.82, 2.24) is 19.8 Å². The summed E-state index contributed by atoms with van der Waals surface area (Å²) in [5.41, 5.74) is 0.167. The third kappa shape index (κ3) is 5.63. The zero-order valence-corrected chi connectivity index (χ0v) is 22.6. The third-order valence-electron chi connectivity index (χ3n) is 8.58. The van der Waals surface area contributed by atoms with Crippen LogP contribution >= 0.6 is 0 Å². The Labute approximate surface area is 217 Å². The number of carbonyl (C=O) groups is 1. The summed E-state index contributed by atoms with van der Waals surface area (Å²) in [5, 5.41) is 6.27. The number of piperidine rings is 2. The van der Waals surface area contributed by atoms with E-state index in [0.29, 0.717) is 31.6 Å². The van der Waals surface area contributed by atoms with Crippen LogP contribution in [0.2, 0.25) is 0 Å². The molecule has 1 amide bonds. The van der Waals surface area contributed by atoms with E-state index in [1.165, 1.54) is 6.07 Å². The van der Waals surface area contributed by atoms with E-state index in [1.807, 2.05) is 0 Å². The van der Waals surface area contributed by atoms with Crippen molar-refractivity contribution in [3.8, 4) is 5.75 Å². The Morgan fingerprint density at radius 2 is 1.78 bits per heavy atom. The Morgan fingerprint density at radius 1 is 1.08 bits per heavy atom. The molecule has 0 spiro atoms. The van der Waals surface area contributed by atoms with Crippen molar-refractivity contribution in [2.24, 2.45) is 5.41 Å². The largest absolute Gasteiger partial charge is 0.487 e. The molecule has 37 heavy (non-hydrogen) atoms. The van der Waals surface area contributed by atoms with Gasteiger partial charge in [0.25, 0.3) is 0 Å². The number of hydrogen-bond acceptors (Lipinski definition) is 7. The summed E-state index contributed by atoms with van der Waals surface area (Å²) in [5.74, 6) is -0.577. The summed E-state index contributed by atoms with van der Waals surface area (Å²) in [6, 6.07) is 4.54. The molecule has 2 aliphatic rings. The number of carbonyl (C=O) groups excluding carboxylic acids is 1. The van der Waals surface area contributed by atoms with Crippen LogP contribution < -0.4 is 15.4 Å². The highest BCUT2D eigenvalue weighted by Gasteiger charge is 2.49. The second-order valence-electron chi connectivity index (χ2n) is 11.2. The highest BCUT2D eigenvalue weighted by atomic mass is 19.1. The molecule has 0 bridgehead atoms. The van der Waals surface area contributed by atoms with Crippen LogP contribution in [0.5, 0.6) is 5.75 Å². The fraction of sp³-hybridized carbons (Fsp3) is 0.593. The van der Waals surface area contributed by atoms with Gasteiger partial charge in [-0.1, -0.05) is 13.8 Å². The van der Waals surface area contributed by atoms with Crippen molar-refractivity contribution in [3.63, 3.8) is 0 Å². The maximum atomic E-state index is 14.8. The average molecular weight is 517 g/mol. The lowest BCUT2D eigenvalue weighted by Gasteiger charge is -2.56. The number of ether oxygens (including phenoxy) is 1. The van der Waals surface area contributed by atoms with Gasteiger partial charge in [-0.2, -0.15) is 4.98 Å². The quantitative estimate of drug-likeness (QED) is 0.570. The number of likely N-dealkylation sites (tertiary alicyclic amines) is 2. The Hall–Kier alpha value is -3.01. The van der Waals surface area contributed by atoms with Crippen molar-refractivity contribution in [2.75, 3.05) is 37.3 Å². The van der Waals surface area contributed by atoms with E-state index in [-0.39, 0.29) is 46.5 Å². The average Bonchev–Trinajstić information content (AvgIpc) is 2.84. The van der Waals surface area contributed by atoms with Crippen molar-refractivity contribution in [1.29, 1.82) is 0 Å². The highest BCUT2D eigenvalue weighted by Crippen LogP contribution is 2.44. The fourth-order valence-electron chi connectivity index (χ4n) is 5.10. The zero-order chi connectivity index (χ0) is 27.0. The predicted octanol–water partition coefficient (Wildman–Crippen LogP) is 4.81. The summed E-state index contributed by atoms with van der Waals surface area (Å²) in [4.78, 5) is 24.0. The number of anilines is 3. The number of halogens is 2. The summed E-state index contributed by atoms with van der Waals surface area (Å²) < 4.78 is 35.3. The summed E-state index contributed by atoms with van der Waals surface area (Å²) in [6.45, 7) is 12.4. The van der Waals surface area contributed by atoms with Gasteiger partial charge < -0.3 is 25.2 Å². The van der Waals surface area contributed by atoms with Crippen molar-refractivity contribution in [3.05, 3.63) is 36.0 Å². The van der Waals surface area contributed by atoms with Gasteiger partial charge in [0.05, 0.1) is 6.20 Å². The van der Waals surface area contributed by atoms with E-state index in [1.54, 1.807) is 24.0 Å². The van der Waals surface area contributed by atoms with Crippen LogP contribution in [0.3, 0.4) is 0 Å². The SMILES string of the molecule is CC(=O)N1CCC(Oc2ccc(Nc3ncc(F)c(NC4CCN(C)C(C)(C)C4(C)C)n3)cc2F)CC1. The van der Waals surface area contributed by atoms with Crippen molar-refractivity contribution in [2.45, 2.75) is 71.6 Å². The van der Waals surface area contributed by atoms with Gasteiger partial charge in [0.15, 0.2) is 23.2 Å². The standard InChI is InChI=1S/C27H38F2N6O2/c1-17(36)35-13-9-19(10-14-35)37-22-8-7-18(15-20(22)28)31-25-30-16-21(29)24(33-25)32-23-11-12-34(6)27(4,5)26(23,2)3/h7-8,15-16,19,23H,9-14H2,1-6H3,(H2,30,31,32,33). The first-order valence-electron chi connectivity index (χ1n) is 12.9. The van der Waals surface area contributed by atoms with E-state index >= 15 is 0 Å². The van der Waals surface area contributed by atoms with Crippen LogP contribution in [0.1, 0.15) is 53.9 Å². The van der Waals surface area contributed by atoms with Crippen LogP contribution in [0.25, 0.3) is 0 Å². The van der Waals surface area contributed by atoms with Gasteiger partial charge in [-0.05, 0) is 39.4 Å². The zero-order valence-electron chi connectivity index (χ0n) is 22.6. The smallest absolute Gasteiger partial charge is 0.229 e. The highest BCUT2D eigenvalue weighted by molar-refractivity contribution is 5.73. The molecule has 2 aliphatic heterocycles. The molecule has 0 saturated carbocycles. The number of rotatable bonds is 6. The maximum Gasteiger partial charge on any atom is 0.229 e. The second kappa shape index (κ2) is 10.4. The molecule has 1 atom stereocenters. The minimum atomic E-state index is -0.538.